The lowest BCUT2D eigenvalue weighted by Crippen LogP contribution is -2.28. The number of nitrogens with one attached hydrogen (secondary N) is 1. The Kier molecular flexibility index (Phi) is 5.86. The first-order valence-corrected chi connectivity index (χ1v) is 7.29. The SMILES string of the molecule is COc1ccc(OC)c(CNC(=O)COc2ccc(C)cc2)c1. The Bertz CT molecular complexity index is 653. The van der Waals surface area contributed by atoms with Crippen LogP contribution >= 0.6 is 0 Å². The highest BCUT2D eigenvalue weighted by Gasteiger charge is 2.08. The average Bonchev–Trinajstić information content (AvgIpc) is 2.59. The standard InChI is InChI=1S/C18H21NO4/c1-13-4-6-15(7-5-13)23-12-18(20)19-11-14-10-16(21-2)8-9-17(14)22-3/h4-10H,11-12H2,1-3H3,(H,19,20). The minimum absolute atomic E-state index is 0.0324. The van der Waals surface area contributed by atoms with Crippen molar-refractivity contribution >= 4 is 5.91 Å². The van der Waals surface area contributed by atoms with Crippen molar-refractivity contribution in [2.75, 3.05) is 20.8 Å². The molecule has 0 unspecified atom stereocenters. The van der Waals surface area contributed by atoms with Crippen molar-refractivity contribution in [2.45, 2.75) is 13.5 Å². The quantitative estimate of drug-likeness (QED) is 0.853. The number of benzene rings is 2. The first kappa shape index (κ1) is 16.7. The molecule has 2 aromatic carbocycles. The number of rotatable bonds is 7. The van der Waals surface area contributed by atoms with Gasteiger partial charge in [0.15, 0.2) is 6.61 Å². The Morgan fingerprint density at radius 2 is 1.70 bits per heavy atom. The minimum atomic E-state index is -0.199. The first-order chi connectivity index (χ1) is 11.1. The van der Waals surface area contributed by atoms with E-state index in [2.05, 4.69) is 5.32 Å². The fraction of sp³-hybridized carbons (Fsp3) is 0.278. The topological polar surface area (TPSA) is 56.8 Å². The molecule has 1 N–H and O–H groups in total. The molecule has 2 aromatic rings. The van der Waals surface area contributed by atoms with Crippen LogP contribution in [0.1, 0.15) is 11.1 Å². The molecule has 5 heteroatoms. The lowest BCUT2D eigenvalue weighted by Gasteiger charge is -2.12. The molecule has 122 valence electrons. The van der Waals surface area contributed by atoms with Crippen LogP contribution in [0.3, 0.4) is 0 Å². The van der Waals surface area contributed by atoms with Crippen molar-refractivity contribution in [3.8, 4) is 17.2 Å². The molecule has 23 heavy (non-hydrogen) atoms. The molecule has 1 amide bonds. The van der Waals surface area contributed by atoms with Crippen molar-refractivity contribution in [3.63, 3.8) is 0 Å². The molecule has 0 saturated carbocycles. The lowest BCUT2D eigenvalue weighted by atomic mass is 10.2. The van der Waals surface area contributed by atoms with Gasteiger partial charge in [-0.2, -0.15) is 0 Å². The van der Waals surface area contributed by atoms with Gasteiger partial charge in [-0.05, 0) is 37.3 Å². The van der Waals surface area contributed by atoms with E-state index in [9.17, 15) is 4.79 Å². The highest BCUT2D eigenvalue weighted by atomic mass is 16.5. The lowest BCUT2D eigenvalue weighted by molar-refractivity contribution is -0.123. The summed E-state index contributed by atoms with van der Waals surface area (Å²) in [6.45, 7) is 2.31. The molecule has 0 heterocycles. The highest BCUT2D eigenvalue weighted by molar-refractivity contribution is 5.77. The van der Waals surface area contributed by atoms with Gasteiger partial charge in [0.25, 0.3) is 5.91 Å². The molecule has 0 aliphatic rings. The molecule has 0 spiro atoms. The number of aryl methyl sites for hydroxylation is 1. The number of carbonyl (C=O) groups excluding carboxylic acids is 1. The van der Waals surface area contributed by atoms with Crippen LogP contribution in [0.2, 0.25) is 0 Å². The molecule has 0 bridgehead atoms. The van der Waals surface area contributed by atoms with Gasteiger partial charge in [-0.15, -0.1) is 0 Å². The maximum Gasteiger partial charge on any atom is 0.258 e. The average molecular weight is 315 g/mol. The summed E-state index contributed by atoms with van der Waals surface area (Å²) in [7, 11) is 3.19. The third-order valence-electron chi connectivity index (χ3n) is 3.35. The van der Waals surface area contributed by atoms with Gasteiger partial charge in [0.1, 0.15) is 17.2 Å². The van der Waals surface area contributed by atoms with E-state index in [-0.39, 0.29) is 12.5 Å². The summed E-state index contributed by atoms with van der Waals surface area (Å²) in [6, 6.07) is 13.0. The van der Waals surface area contributed by atoms with Crippen molar-refractivity contribution in [3.05, 3.63) is 53.6 Å². The van der Waals surface area contributed by atoms with E-state index in [4.69, 9.17) is 14.2 Å². The van der Waals surface area contributed by atoms with Crippen molar-refractivity contribution in [1.82, 2.24) is 5.32 Å². The molecule has 0 aliphatic carbocycles. The van der Waals surface area contributed by atoms with E-state index in [0.717, 1.165) is 11.1 Å². The van der Waals surface area contributed by atoms with E-state index in [1.807, 2.05) is 49.4 Å². The van der Waals surface area contributed by atoms with Crippen LogP contribution in [0, 0.1) is 6.92 Å². The van der Waals surface area contributed by atoms with Gasteiger partial charge >= 0.3 is 0 Å². The van der Waals surface area contributed by atoms with Crippen LogP contribution in [-0.2, 0) is 11.3 Å². The van der Waals surface area contributed by atoms with E-state index >= 15 is 0 Å². The predicted molar refractivity (Wildman–Crippen MR) is 88.1 cm³/mol. The van der Waals surface area contributed by atoms with E-state index in [1.54, 1.807) is 14.2 Å². The normalized spacial score (nSPS) is 10.0. The molecule has 0 radical (unpaired) electrons. The third kappa shape index (κ3) is 4.92. The van der Waals surface area contributed by atoms with Gasteiger partial charge < -0.3 is 19.5 Å². The number of hydrogen-bond donors (Lipinski definition) is 1. The number of amides is 1. The third-order valence-corrected chi connectivity index (χ3v) is 3.35. The van der Waals surface area contributed by atoms with Crippen molar-refractivity contribution in [2.24, 2.45) is 0 Å². The van der Waals surface area contributed by atoms with Crippen LogP contribution in [0.25, 0.3) is 0 Å². The van der Waals surface area contributed by atoms with E-state index in [0.29, 0.717) is 23.8 Å². The van der Waals surface area contributed by atoms with Crippen LogP contribution in [0.4, 0.5) is 0 Å². The number of hydrogen-bond acceptors (Lipinski definition) is 4. The van der Waals surface area contributed by atoms with Gasteiger partial charge in [-0.1, -0.05) is 17.7 Å². The fourth-order valence-electron chi connectivity index (χ4n) is 2.05. The summed E-state index contributed by atoms with van der Waals surface area (Å²) < 4.78 is 15.9. The van der Waals surface area contributed by atoms with Gasteiger partial charge in [0, 0.05) is 12.1 Å². The van der Waals surface area contributed by atoms with E-state index in [1.165, 1.54) is 0 Å². The monoisotopic (exact) mass is 315 g/mol. The maximum atomic E-state index is 11.9. The molecule has 2 rings (SSSR count). The second-order valence-corrected chi connectivity index (χ2v) is 5.06. The zero-order valence-corrected chi connectivity index (χ0v) is 13.6. The van der Waals surface area contributed by atoms with Crippen molar-refractivity contribution in [1.29, 1.82) is 0 Å². The summed E-state index contributed by atoms with van der Waals surface area (Å²) in [4.78, 5) is 11.9. The molecule has 0 fully saturated rings. The Morgan fingerprint density at radius 3 is 2.35 bits per heavy atom. The molecule has 0 atom stereocenters. The number of methoxy groups -OCH3 is 2. The molecule has 0 aliphatic heterocycles. The Hall–Kier alpha value is -2.69. The molecular weight excluding hydrogens is 294 g/mol. The Morgan fingerprint density at radius 1 is 1.00 bits per heavy atom. The summed E-state index contributed by atoms with van der Waals surface area (Å²) in [6.07, 6.45) is 0. The molecule has 0 aromatic heterocycles. The Labute approximate surface area is 136 Å². The maximum absolute atomic E-state index is 11.9. The van der Waals surface area contributed by atoms with Crippen LogP contribution in [0.5, 0.6) is 17.2 Å². The van der Waals surface area contributed by atoms with Crippen molar-refractivity contribution < 1.29 is 19.0 Å². The van der Waals surface area contributed by atoms with Gasteiger partial charge in [0.2, 0.25) is 0 Å². The molecule has 5 nitrogen and oxygen atoms in total. The van der Waals surface area contributed by atoms with E-state index < -0.39 is 0 Å². The van der Waals surface area contributed by atoms with Gasteiger partial charge in [-0.3, -0.25) is 4.79 Å². The number of carbonyl (C=O) groups is 1. The summed E-state index contributed by atoms with van der Waals surface area (Å²) in [5, 5.41) is 2.81. The zero-order valence-electron chi connectivity index (χ0n) is 13.6. The first-order valence-electron chi connectivity index (χ1n) is 7.29. The van der Waals surface area contributed by atoms with Gasteiger partial charge in [-0.25, -0.2) is 0 Å². The zero-order chi connectivity index (χ0) is 16.7. The predicted octanol–water partition coefficient (Wildman–Crippen LogP) is 2.71. The molecular formula is C18H21NO4. The summed E-state index contributed by atoms with van der Waals surface area (Å²) in [5.41, 5.74) is 1.99. The van der Waals surface area contributed by atoms with Crippen LogP contribution in [0.15, 0.2) is 42.5 Å². The van der Waals surface area contributed by atoms with Crippen LogP contribution in [-0.4, -0.2) is 26.7 Å². The largest absolute Gasteiger partial charge is 0.497 e. The summed E-state index contributed by atoms with van der Waals surface area (Å²) >= 11 is 0. The summed E-state index contributed by atoms with van der Waals surface area (Å²) in [5.74, 6) is 1.89. The van der Waals surface area contributed by atoms with Crippen LogP contribution < -0.4 is 19.5 Å². The number of ether oxygens (including phenoxy) is 3. The molecule has 0 saturated heterocycles. The van der Waals surface area contributed by atoms with Gasteiger partial charge in [0.05, 0.1) is 14.2 Å². The smallest absolute Gasteiger partial charge is 0.258 e. The minimum Gasteiger partial charge on any atom is -0.497 e. The second-order valence-electron chi connectivity index (χ2n) is 5.06. The Balaban J connectivity index is 1.87. The highest BCUT2D eigenvalue weighted by Crippen LogP contribution is 2.23. The second kappa shape index (κ2) is 8.08. The fourth-order valence-corrected chi connectivity index (χ4v) is 2.05.